The molecule has 1 amide bonds. The smallest absolute Gasteiger partial charge is 0.411 e. The third kappa shape index (κ3) is 3.07. The van der Waals surface area contributed by atoms with Crippen LogP contribution in [0.1, 0.15) is 34.3 Å². The Bertz CT molecular complexity index is 1120. The van der Waals surface area contributed by atoms with Gasteiger partial charge in [-0.1, -0.05) is 60.7 Å². The van der Waals surface area contributed by atoms with Crippen molar-refractivity contribution in [2.75, 3.05) is 7.11 Å². The molecule has 0 saturated heterocycles. The maximum atomic E-state index is 12.9. The predicted molar refractivity (Wildman–Crippen MR) is 109 cm³/mol. The highest BCUT2D eigenvalue weighted by Crippen LogP contribution is 2.48. The van der Waals surface area contributed by atoms with Crippen molar-refractivity contribution in [2.24, 2.45) is 0 Å². The van der Waals surface area contributed by atoms with E-state index in [0.29, 0.717) is 11.1 Å². The number of methoxy groups -OCH3 is 1. The number of nitriles is 1. The molecule has 3 aromatic carbocycles. The standard InChI is InChI=1S/C24H18N2O4/c1-30-24(29)26(21(23(27)28)16-12-10-15(14-25)11-13-16)22-19-8-4-2-6-17(19)18-7-3-5-9-20(18)22/h2-13,21-22H,1H3,(H,27,28). The minimum absolute atomic E-state index is 0.383. The van der Waals surface area contributed by atoms with Crippen LogP contribution in [0.4, 0.5) is 4.79 Å². The minimum Gasteiger partial charge on any atom is -0.479 e. The molecule has 1 atom stereocenters. The number of amides is 1. The second-order valence-corrected chi connectivity index (χ2v) is 6.93. The van der Waals surface area contributed by atoms with Crippen molar-refractivity contribution in [3.63, 3.8) is 0 Å². The van der Waals surface area contributed by atoms with E-state index in [0.717, 1.165) is 22.3 Å². The zero-order chi connectivity index (χ0) is 21.3. The highest BCUT2D eigenvalue weighted by molar-refractivity contribution is 5.85. The highest BCUT2D eigenvalue weighted by Gasteiger charge is 2.42. The van der Waals surface area contributed by atoms with Crippen molar-refractivity contribution in [3.8, 4) is 17.2 Å². The van der Waals surface area contributed by atoms with Crippen LogP contribution in [-0.2, 0) is 9.53 Å². The fourth-order valence-electron chi connectivity index (χ4n) is 4.06. The van der Waals surface area contributed by atoms with Gasteiger partial charge in [0.2, 0.25) is 0 Å². The first kappa shape index (κ1) is 19.2. The molecule has 1 unspecified atom stereocenters. The van der Waals surface area contributed by atoms with Crippen molar-refractivity contribution in [3.05, 3.63) is 95.1 Å². The first-order valence-electron chi connectivity index (χ1n) is 9.34. The Hall–Kier alpha value is -4.11. The number of carbonyl (C=O) groups excluding carboxylic acids is 1. The number of rotatable bonds is 4. The molecular weight excluding hydrogens is 380 g/mol. The Morgan fingerprint density at radius 3 is 1.97 bits per heavy atom. The lowest BCUT2D eigenvalue weighted by molar-refractivity contribution is -0.143. The molecule has 148 valence electrons. The topological polar surface area (TPSA) is 90.6 Å². The molecule has 1 aliphatic rings. The second kappa shape index (κ2) is 7.72. The van der Waals surface area contributed by atoms with Gasteiger partial charge in [-0.25, -0.2) is 9.59 Å². The summed E-state index contributed by atoms with van der Waals surface area (Å²) in [5, 5.41) is 19.2. The summed E-state index contributed by atoms with van der Waals surface area (Å²) >= 11 is 0. The zero-order valence-corrected chi connectivity index (χ0v) is 16.1. The lowest BCUT2D eigenvalue weighted by Gasteiger charge is -2.34. The molecule has 1 aliphatic carbocycles. The molecule has 4 rings (SSSR count). The SMILES string of the molecule is COC(=O)N(C(C(=O)O)c1ccc(C#N)cc1)C1c2ccccc2-c2ccccc21. The van der Waals surface area contributed by atoms with Crippen LogP contribution in [0.15, 0.2) is 72.8 Å². The first-order valence-corrected chi connectivity index (χ1v) is 9.34. The van der Waals surface area contributed by atoms with Crippen molar-refractivity contribution >= 4 is 12.1 Å². The number of carbonyl (C=O) groups is 2. The summed E-state index contributed by atoms with van der Waals surface area (Å²) < 4.78 is 5.02. The van der Waals surface area contributed by atoms with E-state index in [1.54, 1.807) is 12.1 Å². The third-order valence-electron chi connectivity index (χ3n) is 5.33. The van der Waals surface area contributed by atoms with Gasteiger partial charge in [0, 0.05) is 0 Å². The molecule has 6 nitrogen and oxygen atoms in total. The van der Waals surface area contributed by atoms with E-state index in [2.05, 4.69) is 0 Å². The Morgan fingerprint density at radius 1 is 0.967 bits per heavy atom. The Balaban J connectivity index is 1.92. The number of carboxylic acids is 1. The summed E-state index contributed by atoms with van der Waals surface area (Å²) in [6.07, 6.45) is -0.747. The molecule has 0 spiro atoms. The van der Waals surface area contributed by atoms with Crippen LogP contribution in [0.3, 0.4) is 0 Å². The van der Waals surface area contributed by atoms with Gasteiger partial charge in [-0.15, -0.1) is 0 Å². The fraction of sp³-hybridized carbons (Fsp3) is 0.125. The van der Waals surface area contributed by atoms with Gasteiger partial charge in [0.25, 0.3) is 0 Å². The van der Waals surface area contributed by atoms with Gasteiger partial charge in [-0.2, -0.15) is 5.26 Å². The molecule has 3 aromatic rings. The molecule has 0 fully saturated rings. The summed E-state index contributed by atoms with van der Waals surface area (Å²) in [5.41, 5.74) is 4.37. The monoisotopic (exact) mass is 398 g/mol. The van der Waals surface area contributed by atoms with Crippen molar-refractivity contribution in [1.82, 2.24) is 4.90 Å². The first-order chi connectivity index (χ1) is 14.6. The van der Waals surface area contributed by atoms with Crippen LogP contribution in [0.2, 0.25) is 0 Å². The van der Waals surface area contributed by atoms with Crippen molar-refractivity contribution in [2.45, 2.75) is 12.1 Å². The zero-order valence-electron chi connectivity index (χ0n) is 16.1. The molecule has 30 heavy (non-hydrogen) atoms. The number of benzene rings is 3. The number of hydrogen-bond donors (Lipinski definition) is 1. The lowest BCUT2D eigenvalue weighted by atomic mass is 9.97. The highest BCUT2D eigenvalue weighted by atomic mass is 16.5. The summed E-state index contributed by atoms with van der Waals surface area (Å²) in [4.78, 5) is 26.6. The number of aliphatic carboxylic acids is 1. The third-order valence-corrected chi connectivity index (χ3v) is 5.33. The van der Waals surface area contributed by atoms with Crippen molar-refractivity contribution < 1.29 is 19.4 Å². The maximum Gasteiger partial charge on any atom is 0.411 e. The number of ether oxygens (including phenoxy) is 1. The Morgan fingerprint density at radius 2 is 1.50 bits per heavy atom. The second-order valence-electron chi connectivity index (χ2n) is 6.93. The average molecular weight is 398 g/mol. The van der Waals surface area contributed by atoms with Crippen LogP contribution in [0, 0.1) is 11.3 Å². The van der Waals surface area contributed by atoms with Crippen LogP contribution in [0.5, 0.6) is 0 Å². The molecule has 0 aliphatic heterocycles. The molecule has 0 heterocycles. The van der Waals surface area contributed by atoms with Gasteiger partial charge in [-0.3, -0.25) is 4.90 Å². The summed E-state index contributed by atoms with van der Waals surface area (Å²) in [7, 11) is 1.24. The van der Waals surface area contributed by atoms with Crippen molar-refractivity contribution in [1.29, 1.82) is 5.26 Å². The van der Waals surface area contributed by atoms with Crippen LogP contribution < -0.4 is 0 Å². The number of nitrogens with zero attached hydrogens (tertiary/aromatic N) is 2. The largest absolute Gasteiger partial charge is 0.479 e. The molecule has 0 aromatic heterocycles. The minimum atomic E-state index is -1.30. The van der Waals surface area contributed by atoms with Crippen LogP contribution >= 0.6 is 0 Å². The van der Waals surface area contributed by atoms with Gasteiger partial charge in [0.15, 0.2) is 6.04 Å². The maximum absolute atomic E-state index is 12.9. The molecule has 0 saturated carbocycles. The predicted octanol–water partition coefficient (Wildman–Crippen LogP) is 4.52. The molecule has 0 bridgehead atoms. The van der Waals surface area contributed by atoms with Gasteiger partial charge < -0.3 is 9.84 Å². The Labute approximate surface area is 173 Å². The fourth-order valence-corrected chi connectivity index (χ4v) is 4.06. The number of fused-ring (bicyclic) bond motifs is 3. The molecular formula is C24H18N2O4. The summed E-state index contributed by atoms with van der Waals surface area (Å²) in [6, 6.07) is 21.6. The normalized spacial score (nSPS) is 12.9. The summed E-state index contributed by atoms with van der Waals surface area (Å²) in [6.45, 7) is 0. The van der Waals surface area contributed by atoms with Crippen LogP contribution in [0.25, 0.3) is 11.1 Å². The van der Waals surface area contributed by atoms with E-state index in [9.17, 15) is 14.7 Å². The van der Waals surface area contributed by atoms with E-state index in [1.807, 2.05) is 54.6 Å². The molecule has 6 heteroatoms. The van der Waals surface area contributed by atoms with E-state index in [4.69, 9.17) is 10.00 Å². The van der Waals surface area contributed by atoms with Gasteiger partial charge in [0.1, 0.15) is 0 Å². The van der Waals surface area contributed by atoms with Gasteiger partial charge in [-0.05, 0) is 39.9 Å². The quantitative estimate of drug-likeness (QED) is 0.698. The lowest BCUT2D eigenvalue weighted by Crippen LogP contribution is -2.41. The summed E-state index contributed by atoms with van der Waals surface area (Å²) in [5.74, 6) is -1.19. The molecule has 1 N–H and O–H groups in total. The number of hydrogen-bond acceptors (Lipinski definition) is 4. The van der Waals surface area contributed by atoms with E-state index < -0.39 is 24.1 Å². The van der Waals surface area contributed by atoms with E-state index >= 15 is 0 Å². The van der Waals surface area contributed by atoms with E-state index in [-0.39, 0.29) is 0 Å². The Kier molecular flexibility index (Phi) is 4.95. The average Bonchev–Trinajstić information content (AvgIpc) is 3.11. The van der Waals surface area contributed by atoms with Gasteiger partial charge >= 0.3 is 12.1 Å². The molecule has 0 radical (unpaired) electrons. The van der Waals surface area contributed by atoms with Crippen LogP contribution in [-0.4, -0.2) is 29.2 Å². The van der Waals surface area contributed by atoms with Gasteiger partial charge in [0.05, 0.1) is 24.8 Å². The van der Waals surface area contributed by atoms with E-state index in [1.165, 1.54) is 24.1 Å². The number of carboxylic acid groups (broad SMARTS) is 1.